The number of rotatable bonds is 11. The second-order valence-corrected chi connectivity index (χ2v) is 6.38. The number of ether oxygens (including phenoxy) is 4. The number of hydrogen-bond acceptors (Lipinski definition) is 5. The van der Waals surface area contributed by atoms with Gasteiger partial charge in [-0.2, -0.15) is 0 Å². The fourth-order valence-corrected chi connectivity index (χ4v) is 2.90. The highest BCUT2D eigenvalue weighted by molar-refractivity contribution is 5.67. The van der Waals surface area contributed by atoms with Crippen LogP contribution in [0.5, 0.6) is 11.5 Å². The molecule has 0 aliphatic rings. The number of benzene rings is 2. The molecule has 0 saturated carbocycles. The molecule has 0 bridgehead atoms. The average Bonchev–Trinajstić information content (AvgIpc) is 2.69. The molecule has 0 unspecified atom stereocenters. The van der Waals surface area contributed by atoms with E-state index in [1.165, 1.54) is 0 Å². The van der Waals surface area contributed by atoms with Gasteiger partial charge in [-0.25, -0.2) is 0 Å². The van der Waals surface area contributed by atoms with E-state index in [0.29, 0.717) is 17.9 Å². The van der Waals surface area contributed by atoms with Crippen LogP contribution >= 0.6 is 0 Å². The Morgan fingerprint density at radius 3 is 1.59 bits per heavy atom. The van der Waals surface area contributed by atoms with Gasteiger partial charge in [0.15, 0.2) is 13.6 Å². The lowest BCUT2D eigenvalue weighted by Crippen LogP contribution is -2.25. The summed E-state index contributed by atoms with van der Waals surface area (Å²) in [5, 5.41) is 9.19. The lowest BCUT2D eigenvalue weighted by Gasteiger charge is -2.31. The maximum atomic E-state index is 11.2. The fourth-order valence-electron chi connectivity index (χ4n) is 2.90. The fraction of sp³-hybridized carbons (Fsp3) is 0.381. The van der Waals surface area contributed by atoms with Crippen LogP contribution in [0.1, 0.15) is 30.9 Å². The lowest BCUT2D eigenvalue weighted by atomic mass is 9.73. The smallest absolute Gasteiger partial charge is 0.303 e. The quantitative estimate of drug-likeness (QED) is 0.603. The van der Waals surface area contributed by atoms with E-state index in [-0.39, 0.29) is 20.0 Å². The Labute approximate surface area is 159 Å². The van der Waals surface area contributed by atoms with Gasteiger partial charge in [0.05, 0.1) is 0 Å². The third-order valence-electron chi connectivity index (χ3n) is 4.51. The Morgan fingerprint density at radius 1 is 0.852 bits per heavy atom. The summed E-state index contributed by atoms with van der Waals surface area (Å²) in [7, 11) is 3.13. The molecule has 27 heavy (non-hydrogen) atoms. The Hall–Kier alpha value is -2.57. The van der Waals surface area contributed by atoms with Gasteiger partial charge in [0.1, 0.15) is 11.5 Å². The summed E-state index contributed by atoms with van der Waals surface area (Å²) in [5.74, 6) is 0.579. The van der Waals surface area contributed by atoms with E-state index >= 15 is 0 Å². The Bertz CT molecular complexity index is 657. The van der Waals surface area contributed by atoms with Crippen molar-refractivity contribution in [2.24, 2.45) is 0 Å². The van der Waals surface area contributed by atoms with Crippen LogP contribution in [-0.4, -0.2) is 38.9 Å². The van der Waals surface area contributed by atoms with Crippen LogP contribution in [0.15, 0.2) is 48.5 Å². The van der Waals surface area contributed by atoms with Crippen molar-refractivity contribution in [3.05, 3.63) is 59.7 Å². The van der Waals surface area contributed by atoms with Crippen molar-refractivity contribution in [1.82, 2.24) is 0 Å². The van der Waals surface area contributed by atoms with Gasteiger partial charge in [0.25, 0.3) is 0 Å². The van der Waals surface area contributed by atoms with Crippen LogP contribution in [0, 0.1) is 0 Å². The highest BCUT2D eigenvalue weighted by Crippen LogP contribution is 2.38. The molecule has 2 aromatic rings. The molecule has 0 amide bonds. The van der Waals surface area contributed by atoms with Crippen molar-refractivity contribution in [3.63, 3.8) is 0 Å². The number of methoxy groups -OCH3 is 2. The van der Waals surface area contributed by atoms with Crippen molar-refractivity contribution in [2.45, 2.75) is 25.2 Å². The van der Waals surface area contributed by atoms with Gasteiger partial charge >= 0.3 is 5.97 Å². The molecule has 146 valence electrons. The first kappa shape index (κ1) is 20.7. The maximum Gasteiger partial charge on any atom is 0.303 e. The van der Waals surface area contributed by atoms with E-state index in [2.05, 4.69) is 0 Å². The SMILES string of the molecule is COCOc1ccc(C(C)(CCC(=O)O)c2ccc(OCOC)cc2)cc1. The van der Waals surface area contributed by atoms with Gasteiger partial charge in [-0.3, -0.25) is 4.79 Å². The number of hydrogen-bond donors (Lipinski definition) is 1. The summed E-state index contributed by atoms with van der Waals surface area (Å²) in [6.07, 6.45) is 0.541. The topological polar surface area (TPSA) is 74.2 Å². The molecule has 0 spiro atoms. The molecule has 0 heterocycles. The molecule has 0 aliphatic carbocycles. The summed E-state index contributed by atoms with van der Waals surface area (Å²) in [5.41, 5.74) is 1.57. The highest BCUT2D eigenvalue weighted by atomic mass is 16.7. The third kappa shape index (κ3) is 5.70. The number of carboxylic acids is 1. The van der Waals surface area contributed by atoms with E-state index in [1.54, 1.807) is 14.2 Å². The molecule has 0 atom stereocenters. The zero-order chi connectivity index (χ0) is 19.7. The summed E-state index contributed by atoms with van der Waals surface area (Å²) in [6, 6.07) is 15.3. The predicted octanol–water partition coefficient (Wildman–Crippen LogP) is 3.82. The van der Waals surface area contributed by atoms with Gasteiger partial charge in [-0.15, -0.1) is 0 Å². The van der Waals surface area contributed by atoms with Crippen LogP contribution in [0.4, 0.5) is 0 Å². The van der Waals surface area contributed by atoms with Crippen LogP contribution < -0.4 is 9.47 Å². The van der Waals surface area contributed by atoms with Gasteiger partial charge in [-0.05, 0) is 41.8 Å². The molecule has 0 aromatic heterocycles. The van der Waals surface area contributed by atoms with Crippen LogP contribution in [0.3, 0.4) is 0 Å². The van der Waals surface area contributed by atoms with E-state index in [1.807, 2.05) is 55.5 Å². The Kier molecular flexibility index (Phi) is 7.64. The molecule has 0 fully saturated rings. The third-order valence-corrected chi connectivity index (χ3v) is 4.51. The Balaban J connectivity index is 2.29. The zero-order valence-corrected chi connectivity index (χ0v) is 15.9. The van der Waals surface area contributed by atoms with Gasteiger partial charge < -0.3 is 24.1 Å². The first-order chi connectivity index (χ1) is 13.0. The molecule has 6 heteroatoms. The summed E-state index contributed by atoms with van der Waals surface area (Å²) in [4.78, 5) is 11.2. The molecule has 1 N–H and O–H groups in total. The summed E-state index contributed by atoms with van der Waals surface area (Å²) < 4.78 is 20.7. The van der Waals surface area contributed by atoms with Gasteiger partial charge in [0, 0.05) is 26.1 Å². The minimum absolute atomic E-state index is 0.0698. The molecule has 2 rings (SSSR count). The van der Waals surface area contributed by atoms with Gasteiger partial charge in [0.2, 0.25) is 0 Å². The van der Waals surface area contributed by atoms with Crippen molar-refractivity contribution >= 4 is 5.97 Å². The normalized spacial score (nSPS) is 11.2. The monoisotopic (exact) mass is 374 g/mol. The molecule has 0 saturated heterocycles. The van der Waals surface area contributed by atoms with Crippen LogP contribution in [0.2, 0.25) is 0 Å². The lowest BCUT2D eigenvalue weighted by molar-refractivity contribution is -0.137. The van der Waals surface area contributed by atoms with Crippen molar-refractivity contribution in [3.8, 4) is 11.5 Å². The molecule has 0 aliphatic heterocycles. The molecular weight excluding hydrogens is 348 g/mol. The van der Waals surface area contributed by atoms with Crippen LogP contribution in [-0.2, 0) is 19.7 Å². The largest absolute Gasteiger partial charge is 0.481 e. The van der Waals surface area contributed by atoms with Crippen molar-refractivity contribution < 1.29 is 28.8 Å². The summed E-state index contributed by atoms with van der Waals surface area (Å²) >= 11 is 0. The average molecular weight is 374 g/mol. The number of carboxylic acid groups (broad SMARTS) is 1. The second-order valence-electron chi connectivity index (χ2n) is 6.38. The molecule has 6 nitrogen and oxygen atoms in total. The minimum atomic E-state index is -0.818. The molecule has 2 aromatic carbocycles. The second kappa shape index (κ2) is 9.94. The molecule has 0 radical (unpaired) electrons. The highest BCUT2D eigenvalue weighted by Gasteiger charge is 2.29. The van der Waals surface area contributed by atoms with E-state index in [4.69, 9.17) is 18.9 Å². The van der Waals surface area contributed by atoms with E-state index in [0.717, 1.165) is 11.1 Å². The first-order valence-electron chi connectivity index (χ1n) is 8.66. The van der Waals surface area contributed by atoms with Crippen molar-refractivity contribution in [2.75, 3.05) is 27.8 Å². The standard InChI is InChI=1S/C21H26O6/c1-21(13-12-20(22)23,16-4-8-18(9-5-16)26-14-24-2)17-6-10-19(11-7-17)27-15-25-3/h4-11H,12-15H2,1-3H3,(H,22,23). The Morgan fingerprint density at radius 2 is 1.26 bits per heavy atom. The van der Waals surface area contributed by atoms with Crippen molar-refractivity contribution in [1.29, 1.82) is 0 Å². The van der Waals surface area contributed by atoms with E-state index < -0.39 is 11.4 Å². The van der Waals surface area contributed by atoms with E-state index in [9.17, 15) is 9.90 Å². The first-order valence-corrected chi connectivity index (χ1v) is 8.66. The maximum absolute atomic E-state index is 11.2. The van der Waals surface area contributed by atoms with Gasteiger partial charge in [-0.1, -0.05) is 31.2 Å². The molecular formula is C21H26O6. The summed E-state index contributed by atoms with van der Waals surface area (Å²) in [6.45, 7) is 2.41. The number of aliphatic carboxylic acids is 1. The van der Waals surface area contributed by atoms with Crippen LogP contribution in [0.25, 0.3) is 0 Å². The minimum Gasteiger partial charge on any atom is -0.481 e. The zero-order valence-electron chi connectivity index (χ0n) is 15.9. The predicted molar refractivity (Wildman–Crippen MR) is 101 cm³/mol. The number of carbonyl (C=O) groups is 1.